The van der Waals surface area contributed by atoms with E-state index in [1.165, 1.54) is 12.3 Å². The number of pyridine rings is 1. The fourth-order valence-electron chi connectivity index (χ4n) is 2.35. The molecule has 1 aromatic carbocycles. The van der Waals surface area contributed by atoms with Gasteiger partial charge < -0.3 is 15.2 Å². The van der Waals surface area contributed by atoms with Crippen molar-refractivity contribution < 1.29 is 19.2 Å². The number of halogens is 1. The number of carbonyl (C=O) groups excluding carboxylic acids is 1. The Bertz CT molecular complexity index is 874. The van der Waals surface area contributed by atoms with Crippen LogP contribution >= 0.6 is 15.9 Å². The molecule has 0 fully saturated rings. The van der Waals surface area contributed by atoms with Gasteiger partial charge in [0.2, 0.25) is 5.82 Å². The van der Waals surface area contributed by atoms with Crippen LogP contribution in [0.1, 0.15) is 12.5 Å². The zero-order valence-corrected chi connectivity index (χ0v) is 16.0. The minimum Gasteiger partial charge on any atom is -0.466 e. The Morgan fingerprint density at radius 2 is 2.22 bits per heavy atom. The van der Waals surface area contributed by atoms with Crippen LogP contribution in [0.2, 0.25) is 0 Å². The molecule has 0 bridgehead atoms. The van der Waals surface area contributed by atoms with E-state index in [4.69, 9.17) is 15.2 Å². The van der Waals surface area contributed by atoms with Crippen LogP contribution in [0.3, 0.4) is 0 Å². The van der Waals surface area contributed by atoms with E-state index in [9.17, 15) is 14.9 Å². The van der Waals surface area contributed by atoms with Gasteiger partial charge in [-0.05, 0) is 40.5 Å². The van der Waals surface area contributed by atoms with E-state index >= 15 is 0 Å². The average Bonchev–Trinajstić information content (AvgIpc) is 2.59. The van der Waals surface area contributed by atoms with Crippen molar-refractivity contribution in [3.63, 3.8) is 0 Å². The number of benzene rings is 1. The number of ether oxygens (including phenoxy) is 2. The van der Waals surface area contributed by atoms with Gasteiger partial charge >= 0.3 is 11.8 Å². The van der Waals surface area contributed by atoms with Crippen LogP contribution in [-0.4, -0.2) is 22.6 Å². The fraction of sp³-hybridized carbons (Fsp3) is 0.176. The molecule has 2 rings (SSSR count). The third-order valence-electron chi connectivity index (χ3n) is 3.39. The second kappa shape index (κ2) is 8.99. The van der Waals surface area contributed by atoms with Crippen molar-refractivity contribution in [2.24, 2.45) is 0 Å². The van der Waals surface area contributed by atoms with Crippen LogP contribution in [0.15, 0.2) is 47.8 Å². The first-order valence-corrected chi connectivity index (χ1v) is 8.57. The highest BCUT2D eigenvalue weighted by Gasteiger charge is 2.29. The number of hydrogen-bond donors (Lipinski definition) is 1. The number of rotatable bonds is 7. The van der Waals surface area contributed by atoms with Crippen LogP contribution in [0.25, 0.3) is 0 Å². The van der Waals surface area contributed by atoms with Crippen molar-refractivity contribution in [3.05, 3.63) is 63.5 Å². The molecule has 0 saturated heterocycles. The summed E-state index contributed by atoms with van der Waals surface area (Å²) in [5.74, 6) is 0.193. The molecule has 0 saturated carbocycles. The number of hydrogen-bond acceptors (Lipinski definition) is 7. The molecule has 1 aromatic heterocycles. The van der Waals surface area contributed by atoms with Crippen molar-refractivity contribution in [2.45, 2.75) is 13.5 Å². The Balaban J connectivity index is 2.53. The number of nitrogens with two attached hydrogens (primary N) is 1. The molecule has 0 atom stereocenters. The minimum atomic E-state index is -0.756. The first kappa shape index (κ1) is 20.2. The van der Waals surface area contributed by atoms with Gasteiger partial charge in [0.1, 0.15) is 16.0 Å². The van der Waals surface area contributed by atoms with Gasteiger partial charge in [-0.1, -0.05) is 18.7 Å². The third kappa shape index (κ3) is 4.94. The van der Waals surface area contributed by atoms with Crippen molar-refractivity contribution >= 4 is 39.2 Å². The second-order valence-electron chi connectivity index (χ2n) is 5.17. The molecule has 0 unspecified atom stereocenters. The quantitative estimate of drug-likeness (QED) is 0.301. The maximum Gasteiger partial charge on any atom is 0.414 e. The SMILES string of the molecule is C=COc1cccc(CN(C(=O)OCC)c2cc(Br)nc(N)c2[N+](=O)[O-])c1. The van der Waals surface area contributed by atoms with E-state index in [0.717, 1.165) is 4.90 Å². The molecule has 2 N–H and O–H groups in total. The van der Waals surface area contributed by atoms with Gasteiger partial charge in [0.15, 0.2) is 0 Å². The van der Waals surface area contributed by atoms with Crippen LogP contribution in [0.4, 0.5) is 22.0 Å². The lowest BCUT2D eigenvalue weighted by molar-refractivity contribution is -0.383. The number of carbonyl (C=O) groups is 1. The summed E-state index contributed by atoms with van der Waals surface area (Å²) in [6.07, 6.45) is 0.515. The molecule has 2 aromatic rings. The van der Waals surface area contributed by atoms with Crippen molar-refractivity contribution in [2.75, 3.05) is 17.2 Å². The van der Waals surface area contributed by atoms with Gasteiger partial charge in [-0.25, -0.2) is 9.78 Å². The zero-order valence-electron chi connectivity index (χ0n) is 14.4. The van der Waals surface area contributed by atoms with E-state index < -0.39 is 16.7 Å². The predicted octanol–water partition coefficient (Wildman–Crippen LogP) is 4.02. The number of nitrogens with zero attached hydrogens (tertiary/aromatic N) is 3. The van der Waals surface area contributed by atoms with E-state index in [1.54, 1.807) is 31.2 Å². The van der Waals surface area contributed by atoms with Crippen LogP contribution in [-0.2, 0) is 11.3 Å². The molecule has 0 aliphatic rings. The lowest BCUT2D eigenvalue weighted by atomic mass is 10.2. The molecule has 0 spiro atoms. The Morgan fingerprint density at radius 3 is 2.85 bits per heavy atom. The molecule has 1 heterocycles. The third-order valence-corrected chi connectivity index (χ3v) is 3.79. The Morgan fingerprint density at radius 1 is 1.48 bits per heavy atom. The Hall–Kier alpha value is -3.14. The number of aromatic nitrogens is 1. The number of amides is 1. The zero-order chi connectivity index (χ0) is 20.0. The van der Waals surface area contributed by atoms with Crippen molar-refractivity contribution in [1.82, 2.24) is 4.98 Å². The molecule has 142 valence electrons. The highest BCUT2D eigenvalue weighted by molar-refractivity contribution is 9.10. The minimum absolute atomic E-state index is 0.0100. The summed E-state index contributed by atoms with van der Waals surface area (Å²) in [4.78, 5) is 28.3. The molecule has 27 heavy (non-hydrogen) atoms. The van der Waals surface area contributed by atoms with Gasteiger partial charge in [-0.2, -0.15) is 0 Å². The number of nitrogen functional groups attached to an aromatic ring is 1. The van der Waals surface area contributed by atoms with Gasteiger partial charge in [0, 0.05) is 6.07 Å². The number of nitro groups is 1. The van der Waals surface area contributed by atoms with Gasteiger partial charge in [0.25, 0.3) is 0 Å². The van der Waals surface area contributed by atoms with Crippen LogP contribution < -0.4 is 15.4 Å². The highest BCUT2D eigenvalue weighted by Crippen LogP contribution is 2.36. The topological polar surface area (TPSA) is 121 Å². The average molecular weight is 437 g/mol. The molecule has 1 amide bonds. The summed E-state index contributed by atoms with van der Waals surface area (Å²) in [5, 5.41) is 11.5. The largest absolute Gasteiger partial charge is 0.466 e. The van der Waals surface area contributed by atoms with E-state index in [-0.39, 0.29) is 29.3 Å². The first-order valence-electron chi connectivity index (χ1n) is 7.78. The summed E-state index contributed by atoms with van der Waals surface area (Å²) in [5.41, 5.74) is 5.84. The van der Waals surface area contributed by atoms with Crippen LogP contribution in [0.5, 0.6) is 5.75 Å². The van der Waals surface area contributed by atoms with Gasteiger partial charge in [0.05, 0.1) is 24.3 Å². The molecule has 0 aliphatic heterocycles. The predicted molar refractivity (Wildman–Crippen MR) is 103 cm³/mol. The smallest absolute Gasteiger partial charge is 0.414 e. The molecular weight excluding hydrogens is 420 g/mol. The summed E-state index contributed by atoms with van der Waals surface area (Å²) >= 11 is 3.15. The first-order chi connectivity index (χ1) is 12.9. The van der Waals surface area contributed by atoms with Gasteiger partial charge in [-0.3, -0.25) is 15.0 Å². The fourth-order valence-corrected chi connectivity index (χ4v) is 2.76. The standard InChI is InChI=1S/C17H17BrN4O5/c1-3-26-12-7-5-6-11(8-12)10-21(17(23)27-4-2)13-9-14(18)20-16(19)15(13)22(24)25/h3,5-9H,1,4,10H2,2H3,(H2,19,20). The van der Waals surface area contributed by atoms with E-state index in [2.05, 4.69) is 27.5 Å². The molecule has 0 aliphatic carbocycles. The number of anilines is 2. The highest BCUT2D eigenvalue weighted by atomic mass is 79.9. The molecule has 0 radical (unpaired) electrons. The normalized spacial score (nSPS) is 10.1. The lowest BCUT2D eigenvalue weighted by Gasteiger charge is -2.22. The molecular formula is C17H17BrN4O5. The molecule has 10 heteroatoms. The maximum atomic E-state index is 12.5. The summed E-state index contributed by atoms with van der Waals surface area (Å²) in [6.45, 7) is 5.22. The summed E-state index contributed by atoms with van der Waals surface area (Å²) < 4.78 is 10.5. The summed E-state index contributed by atoms with van der Waals surface area (Å²) in [7, 11) is 0. The monoisotopic (exact) mass is 436 g/mol. The van der Waals surface area contributed by atoms with Crippen molar-refractivity contribution in [3.8, 4) is 5.75 Å². The summed E-state index contributed by atoms with van der Waals surface area (Å²) in [6, 6.07) is 8.20. The van der Waals surface area contributed by atoms with Crippen molar-refractivity contribution in [1.29, 1.82) is 0 Å². The molecule has 9 nitrogen and oxygen atoms in total. The van der Waals surface area contributed by atoms with Crippen LogP contribution in [0, 0.1) is 10.1 Å². The Kier molecular flexibility index (Phi) is 6.72. The second-order valence-corrected chi connectivity index (χ2v) is 5.98. The van der Waals surface area contributed by atoms with E-state index in [0.29, 0.717) is 11.3 Å². The maximum absolute atomic E-state index is 12.5. The van der Waals surface area contributed by atoms with Gasteiger partial charge in [-0.15, -0.1) is 0 Å². The lowest BCUT2D eigenvalue weighted by Crippen LogP contribution is -2.32. The Labute approximate surface area is 163 Å². The van der Waals surface area contributed by atoms with E-state index in [1.807, 2.05) is 0 Å².